The zero-order chi connectivity index (χ0) is 18.7. The van der Waals surface area contributed by atoms with E-state index in [9.17, 15) is 4.79 Å². The molecule has 0 aromatic heterocycles. The molecule has 0 radical (unpaired) electrons. The number of allylic oxidation sites excluding steroid dienone is 2. The Labute approximate surface area is 163 Å². The maximum atomic E-state index is 11.9. The fourth-order valence-corrected chi connectivity index (χ4v) is 3.83. The van der Waals surface area contributed by atoms with E-state index in [4.69, 9.17) is 0 Å². The predicted octanol–water partition coefficient (Wildman–Crippen LogP) is 7.43. The van der Waals surface area contributed by atoms with Crippen LogP contribution in [0.1, 0.15) is 122 Å². The molecule has 0 atom stereocenters. The highest BCUT2D eigenvalue weighted by atomic mass is 16.2. The van der Waals surface area contributed by atoms with Crippen LogP contribution in [0.15, 0.2) is 12.2 Å². The van der Waals surface area contributed by atoms with Gasteiger partial charge >= 0.3 is 0 Å². The van der Waals surface area contributed by atoms with Crippen molar-refractivity contribution in [3.8, 4) is 0 Å². The molecule has 1 rings (SSSR count). The standard InChI is InChI=1S/C24H45NO/c1-2-3-4-5-6-7-8-9-10-11-12-13-14-15-16-17-18-21-24(26)25-22-19-20-23-25/h8-9H,2-7,10-23H2,1H3. The van der Waals surface area contributed by atoms with Crippen LogP contribution in [0.25, 0.3) is 0 Å². The largest absolute Gasteiger partial charge is 0.343 e. The normalized spacial score (nSPS) is 14.6. The lowest BCUT2D eigenvalue weighted by molar-refractivity contribution is -0.130. The SMILES string of the molecule is CCCCCCCC=CCCCCCCCCCCC(=O)N1CCCC1. The van der Waals surface area contributed by atoms with E-state index in [-0.39, 0.29) is 0 Å². The van der Waals surface area contributed by atoms with Crippen molar-refractivity contribution < 1.29 is 4.79 Å². The van der Waals surface area contributed by atoms with Gasteiger partial charge in [0.05, 0.1) is 0 Å². The Morgan fingerprint density at radius 1 is 0.692 bits per heavy atom. The number of likely N-dealkylation sites (tertiary alicyclic amines) is 1. The summed E-state index contributed by atoms with van der Waals surface area (Å²) in [7, 11) is 0. The number of amides is 1. The Bertz CT molecular complexity index is 344. The number of carbonyl (C=O) groups excluding carboxylic acids is 1. The van der Waals surface area contributed by atoms with Gasteiger partial charge in [0, 0.05) is 19.5 Å². The van der Waals surface area contributed by atoms with Crippen LogP contribution in [-0.4, -0.2) is 23.9 Å². The van der Waals surface area contributed by atoms with Crippen LogP contribution in [-0.2, 0) is 4.79 Å². The van der Waals surface area contributed by atoms with Gasteiger partial charge in [-0.1, -0.05) is 83.3 Å². The Hall–Kier alpha value is -0.790. The Morgan fingerprint density at radius 2 is 1.15 bits per heavy atom. The number of hydrogen-bond donors (Lipinski definition) is 0. The molecule has 1 fully saturated rings. The minimum atomic E-state index is 0.400. The number of unbranched alkanes of at least 4 members (excludes halogenated alkanes) is 13. The molecule has 0 bridgehead atoms. The van der Waals surface area contributed by atoms with E-state index in [0.717, 1.165) is 25.9 Å². The average Bonchev–Trinajstić information content (AvgIpc) is 3.19. The maximum absolute atomic E-state index is 11.9. The summed E-state index contributed by atoms with van der Waals surface area (Å²) >= 11 is 0. The fourth-order valence-electron chi connectivity index (χ4n) is 3.83. The van der Waals surface area contributed by atoms with E-state index >= 15 is 0 Å². The first-order chi connectivity index (χ1) is 12.8. The van der Waals surface area contributed by atoms with Crippen molar-refractivity contribution >= 4 is 5.91 Å². The summed E-state index contributed by atoms with van der Waals surface area (Å²) in [5.41, 5.74) is 0. The second-order valence-electron chi connectivity index (χ2n) is 8.13. The van der Waals surface area contributed by atoms with Gasteiger partial charge in [-0.15, -0.1) is 0 Å². The van der Waals surface area contributed by atoms with Gasteiger partial charge in [-0.05, 0) is 44.9 Å². The topological polar surface area (TPSA) is 20.3 Å². The van der Waals surface area contributed by atoms with Crippen LogP contribution >= 0.6 is 0 Å². The number of rotatable bonds is 17. The first-order valence-electron chi connectivity index (χ1n) is 11.8. The third-order valence-corrected chi connectivity index (χ3v) is 5.61. The number of hydrogen-bond acceptors (Lipinski definition) is 1. The van der Waals surface area contributed by atoms with Gasteiger partial charge in [-0.2, -0.15) is 0 Å². The van der Waals surface area contributed by atoms with Gasteiger partial charge in [0.1, 0.15) is 0 Å². The van der Waals surface area contributed by atoms with Crippen molar-refractivity contribution in [3.05, 3.63) is 12.2 Å². The Morgan fingerprint density at radius 3 is 1.69 bits per heavy atom. The molecular formula is C24H45NO. The van der Waals surface area contributed by atoms with E-state index in [0.29, 0.717) is 5.91 Å². The molecule has 26 heavy (non-hydrogen) atoms. The average molecular weight is 364 g/mol. The fraction of sp³-hybridized carbons (Fsp3) is 0.875. The Balaban J connectivity index is 1.73. The lowest BCUT2D eigenvalue weighted by Gasteiger charge is -2.14. The van der Waals surface area contributed by atoms with E-state index in [2.05, 4.69) is 24.0 Å². The number of carbonyl (C=O) groups is 1. The third-order valence-electron chi connectivity index (χ3n) is 5.61. The molecule has 0 unspecified atom stereocenters. The molecule has 0 N–H and O–H groups in total. The highest BCUT2D eigenvalue weighted by Gasteiger charge is 2.16. The summed E-state index contributed by atoms with van der Waals surface area (Å²) in [5.74, 6) is 0.400. The highest BCUT2D eigenvalue weighted by molar-refractivity contribution is 5.76. The van der Waals surface area contributed by atoms with Crippen LogP contribution in [0.3, 0.4) is 0 Å². The summed E-state index contributed by atoms with van der Waals surface area (Å²) in [6.45, 7) is 4.29. The van der Waals surface area contributed by atoms with E-state index < -0.39 is 0 Å². The second kappa shape index (κ2) is 17.6. The van der Waals surface area contributed by atoms with Crippen LogP contribution < -0.4 is 0 Å². The van der Waals surface area contributed by atoms with Gasteiger partial charge in [-0.3, -0.25) is 4.79 Å². The van der Waals surface area contributed by atoms with Crippen molar-refractivity contribution in [3.63, 3.8) is 0 Å². The van der Waals surface area contributed by atoms with Gasteiger partial charge in [0.15, 0.2) is 0 Å². The maximum Gasteiger partial charge on any atom is 0.222 e. The minimum Gasteiger partial charge on any atom is -0.343 e. The monoisotopic (exact) mass is 363 g/mol. The lowest BCUT2D eigenvalue weighted by atomic mass is 10.1. The zero-order valence-electron chi connectivity index (χ0n) is 17.7. The van der Waals surface area contributed by atoms with Crippen LogP contribution in [0, 0.1) is 0 Å². The van der Waals surface area contributed by atoms with Crippen LogP contribution in [0.2, 0.25) is 0 Å². The van der Waals surface area contributed by atoms with Crippen molar-refractivity contribution in [1.82, 2.24) is 4.90 Å². The van der Waals surface area contributed by atoms with E-state index in [1.807, 2.05) is 0 Å². The summed E-state index contributed by atoms with van der Waals surface area (Å²) in [4.78, 5) is 14.0. The third kappa shape index (κ3) is 13.4. The molecule has 0 aliphatic carbocycles. The molecule has 0 aromatic carbocycles. The second-order valence-corrected chi connectivity index (χ2v) is 8.13. The molecule has 2 heteroatoms. The van der Waals surface area contributed by atoms with Gasteiger partial charge in [0.25, 0.3) is 0 Å². The molecule has 1 aliphatic rings. The van der Waals surface area contributed by atoms with Gasteiger partial charge < -0.3 is 4.90 Å². The van der Waals surface area contributed by atoms with E-state index in [1.54, 1.807) is 0 Å². The molecule has 0 spiro atoms. The molecule has 2 nitrogen and oxygen atoms in total. The first kappa shape index (κ1) is 23.2. The molecule has 0 aromatic rings. The van der Waals surface area contributed by atoms with Crippen LogP contribution in [0.4, 0.5) is 0 Å². The summed E-state index contributed by atoms with van der Waals surface area (Å²) in [6, 6.07) is 0. The number of nitrogens with zero attached hydrogens (tertiary/aromatic N) is 1. The molecular weight excluding hydrogens is 318 g/mol. The quantitative estimate of drug-likeness (QED) is 0.194. The zero-order valence-corrected chi connectivity index (χ0v) is 17.7. The van der Waals surface area contributed by atoms with Crippen LogP contribution in [0.5, 0.6) is 0 Å². The van der Waals surface area contributed by atoms with Crippen molar-refractivity contribution in [2.45, 2.75) is 122 Å². The summed E-state index contributed by atoms with van der Waals surface area (Å²) < 4.78 is 0. The molecule has 152 valence electrons. The smallest absolute Gasteiger partial charge is 0.222 e. The predicted molar refractivity (Wildman–Crippen MR) is 115 cm³/mol. The highest BCUT2D eigenvalue weighted by Crippen LogP contribution is 2.14. The lowest BCUT2D eigenvalue weighted by Crippen LogP contribution is -2.27. The summed E-state index contributed by atoms with van der Waals surface area (Å²) in [5, 5.41) is 0. The summed E-state index contributed by atoms with van der Waals surface area (Å²) in [6.07, 6.45) is 28.0. The molecule has 1 amide bonds. The molecule has 1 aliphatic heterocycles. The van der Waals surface area contributed by atoms with E-state index in [1.165, 1.54) is 103 Å². The first-order valence-corrected chi connectivity index (χ1v) is 11.8. The Kier molecular flexibility index (Phi) is 15.8. The molecule has 1 heterocycles. The molecule has 0 saturated carbocycles. The van der Waals surface area contributed by atoms with Gasteiger partial charge in [-0.25, -0.2) is 0 Å². The van der Waals surface area contributed by atoms with Crippen molar-refractivity contribution in [2.75, 3.05) is 13.1 Å². The van der Waals surface area contributed by atoms with Gasteiger partial charge in [0.2, 0.25) is 5.91 Å². The minimum absolute atomic E-state index is 0.400. The van der Waals surface area contributed by atoms with Crippen molar-refractivity contribution in [2.24, 2.45) is 0 Å². The van der Waals surface area contributed by atoms with Crippen molar-refractivity contribution in [1.29, 1.82) is 0 Å². The molecule has 1 saturated heterocycles.